The number of nitrogens with one attached hydrogen (secondary N) is 2. The SMILES string of the molecule is COc1ccc(-n2c(SCC(=O)Nc3cccc(S(=O)(=O)NC4=NCCCCC4)c3)nc3ccccc3c2=O)cc1OC. The molecule has 43 heavy (non-hydrogen) atoms. The lowest BCUT2D eigenvalue weighted by Gasteiger charge is -2.15. The van der Waals surface area contributed by atoms with Crippen molar-refractivity contribution in [3.63, 3.8) is 0 Å². The van der Waals surface area contributed by atoms with Crippen LogP contribution in [0.1, 0.15) is 25.7 Å². The number of hydrogen-bond donors (Lipinski definition) is 2. The smallest absolute Gasteiger partial charge is 0.266 e. The molecule has 0 fully saturated rings. The van der Waals surface area contributed by atoms with Crippen LogP contribution in [0.5, 0.6) is 11.5 Å². The zero-order valence-electron chi connectivity index (χ0n) is 23.7. The average molecular weight is 622 g/mol. The number of nitrogens with zero attached hydrogens (tertiary/aromatic N) is 3. The van der Waals surface area contributed by atoms with Gasteiger partial charge >= 0.3 is 0 Å². The molecule has 4 aromatic rings. The molecule has 0 bridgehead atoms. The molecule has 0 spiro atoms. The number of fused-ring (bicyclic) bond motifs is 1. The first kappa shape index (κ1) is 30.1. The van der Waals surface area contributed by atoms with Crippen LogP contribution < -0.4 is 25.1 Å². The van der Waals surface area contributed by atoms with Gasteiger partial charge in [0.2, 0.25) is 5.91 Å². The van der Waals surface area contributed by atoms with Crippen LogP contribution in [-0.2, 0) is 14.8 Å². The molecule has 0 unspecified atom stereocenters. The summed E-state index contributed by atoms with van der Waals surface area (Å²) in [5, 5.41) is 3.47. The van der Waals surface area contributed by atoms with Gasteiger partial charge in [0.15, 0.2) is 16.7 Å². The second kappa shape index (κ2) is 13.3. The Hall–Kier alpha value is -4.36. The highest BCUT2D eigenvalue weighted by Crippen LogP contribution is 2.31. The van der Waals surface area contributed by atoms with E-state index in [0.29, 0.717) is 57.7 Å². The van der Waals surface area contributed by atoms with E-state index in [-0.39, 0.29) is 16.2 Å². The lowest BCUT2D eigenvalue weighted by Crippen LogP contribution is -2.30. The monoisotopic (exact) mass is 621 g/mol. The number of para-hydroxylation sites is 1. The maximum Gasteiger partial charge on any atom is 0.266 e. The molecule has 1 aliphatic rings. The number of carbonyl (C=O) groups is 1. The number of carbonyl (C=O) groups excluding carboxylic acids is 1. The standard InChI is InChI=1S/C30H31N5O6S2/c1-40-25-15-14-21(18-26(25)41-2)35-29(37)23-11-5-6-12-24(23)33-30(35)42-19-28(36)32-20-9-8-10-22(17-20)43(38,39)34-27-13-4-3-7-16-31-27/h5-6,8-12,14-15,17-18H,3-4,7,13,16,19H2,1-2H3,(H,31,34)(H,32,36). The molecule has 0 atom stereocenters. The molecule has 0 aliphatic carbocycles. The van der Waals surface area contributed by atoms with Crippen molar-refractivity contribution in [1.82, 2.24) is 14.3 Å². The molecule has 1 amide bonds. The third-order valence-electron chi connectivity index (χ3n) is 6.76. The summed E-state index contributed by atoms with van der Waals surface area (Å²) in [7, 11) is -0.839. The summed E-state index contributed by atoms with van der Waals surface area (Å²) in [6, 6.07) is 18.1. The molecule has 1 aliphatic heterocycles. The van der Waals surface area contributed by atoms with Crippen molar-refractivity contribution in [2.45, 2.75) is 35.7 Å². The van der Waals surface area contributed by atoms with Crippen LogP contribution in [0, 0.1) is 0 Å². The van der Waals surface area contributed by atoms with E-state index in [9.17, 15) is 18.0 Å². The first-order valence-electron chi connectivity index (χ1n) is 13.6. The van der Waals surface area contributed by atoms with E-state index in [1.807, 2.05) is 0 Å². The van der Waals surface area contributed by atoms with Gasteiger partial charge < -0.3 is 14.8 Å². The summed E-state index contributed by atoms with van der Waals surface area (Å²) in [4.78, 5) is 35.6. The molecule has 11 nitrogen and oxygen atoms in total. The quantitative estimate of drug-likeness (QED) is 0.207. The summed E-state index contributed by atoms with van der Waals surface area (Å²) in [6.45, 7) is 0.595. The van der Waals surface area contributed by atoms with E-state index in [4.69, 9.17) is 9.47 Å². The molecule has 3 aromatic carbocycles. The number of rotatable bonds is 9. The highest BCUT2D eigenvalue weighted by Gasteiger charge is 2.19. The normalized spacial score (nSPS) is 13.6. The van der Waals surface area contributed by atoms with Gasteiger partial charge in [-0.2, -0.15) is 0 Å². The number of ether oxygens (including phenoxy) is 2. The van der Waals surface area contributed by atoms with Crippen LogP contribution in [0.3, 0.4) is 0 Å². The second-order valence-electron chi connectivity index (χ2n) is 9.70. The predicted octanol–water partition coefficient (Wildman–Crippen LogP) is 4.38. The van der Waals surface area contributed by atoms with E-state index >= 15 is 0 Å². The molecule has 5 rings (SSSR count). The largest absolute Gasteiger partial charge is 0.493 e. The Balaban J connectivity index is 1.37. The summed E-state index contributed by atoms with van der Waals surface area (Å²) in [6.07, 6.45) is 3.39. The van der Waals surface area contributed by atoms with Gasteiger partial charge in [0.25, 0.3) is 15.6 Å². The van der Waals surface area contributed by atoms with Crippen molar-refractivity contribution in [1.29, 1.82) is 0 Å². The van der Waals surface area contributed by atoms with Crippen LogP contribution in [0.2, 0.25) is 0 Å². The highest BCUT2D eigenvalue weighted by atomic mass is 32.2. The van der Waals surface area contributed by atoms with Gasteiger partial charge in [-0.25, -0.2) is 13.4 Å². The van der Waals surface area contributed by atoms with Crippen molar-refractivity contribution in [2.24, 2.45) is 4.99 Å². The average Bonchev–Trinajstić information content (AvgIpc) is 3.28. The Morgan fingerprint density at radius 1 is 0.977 bits per heavy atom. The third kappa shape index (κ3) is 7.00. The van der Waals surface area contributed by atoms with E-state index in [0.717, 1.165) is 31.0 Å². The Morgan fingerprint density at radius 2 is 1.79 bits per heavy atom. The molecule has 1 aromatic heterocycles. The van der Waals surface area contributed by atoms with Gasteiger partial charge in [-0.1, -0.05) is 36.4 Å². The van der Waals surface area contributed by atoms with Crippen LogP contribution in [0.15, 0.2) is 86.6 Å². The van der Waals surface area contributed by atoms with E-state index in [1.54, 1.807) is 54.6 Å². The molecule has 0 saturated carbocycles. The second-order valence-corrected chi connectivity index (χ2v) is 12.3. The minimum Gasteiger partial charge on any atom is -0.493 e. The number of anilines is 1. The fourth-order valence-corrected chi connectivity index (χ4v) is 6.59. The van der Waals surface area contributed by atoms with E-state index in [1.165, 1.54) is 30.9 Å². The number of aliphatic imine (C=N–C) groups is 1. The van der Waals surface area contributed by atoms with Crippen molar-refractivity contribution in [3.8, 4) is 17.2 Å². The number of amidine groups is 1. The van der Waals surface area contributed by atoms with Gasteiger partial charge in [-0.15, -0.1) is 0 Å². The summed E-state index contributed by atoms with van der Waals surface area (Å²) < 4.78 is 40.8. The molecule has 224 valence electrons. The zero-order chi connectivity index (χ0) is 30.4. The van der Waals surface area contributed by atoms with Crippen molar-refractivity contribution >= 4 is 50.1 Å². The summed E-state index contributed by atoms with van der Waals surface area (Å²) in [5.41, 5.74) is 1.01. The summed E-state index contributed by atoms with van der Waals surface area (Å²) >= 11 is 1.08. The first-order chi connectivity index (χ1) is 20.8. The van der Waals surface area contributed by atoms with Gasteiger partial charge in [0.05, 0.1) is 41.5 Å². The Bertz CT molecular complexity index is 1860. The number of hydrogen-bond acceptors (Lipinski definition) is 9. The van der Waals surface area contributed by atoms with Gasteiger partial charge in [-0.05, 0) is 55.3 Å². The van der Waals surface area contributed by atoms with E-state index < -0.39 is 15.9 Å². The number of aromatic nitrogens is 2. The Labute approximate surface area is 253 Å². The van der Waals surface area contributed by atoms with Crippen LogP contribution in [-0.4, -0.2) is 56.2 Å². The zero-order valence-corrected chi connectivity index (χ0v) is 25.3. The maximum absolute atomic E-state index is 13.6. The van der Waals surface area contributed by atoms with Crippen molar-refractivity contribution in [3.05, 3.63) is 77.1 Å². The molecule has 13 heteroatoms. The number of methoxy groups -OCH3 is 2. The summed E-state index contributed by atoms with van der Waals surface area (Å²) in [5.74, 6) is 0.894. The molecular formula is C30H31N5O6S2. The van der Waals surface area contributed by atoms with Crippen LogP contribution in [0.25, 0.3) is 16.6 Å². The lowest BCUT2D eigenvalue weighted by molar-refractivity contribution is -0.113. The number of benzene rings is 3. The molecule has 2 N–H and O–H groups in total. The van der Waals surface area contributed by atoms with E-state index in [2.05, 4.69) is 20.0 Å². The minimum absolute atomic E-state index is 0.0170. The topological polar surface area (TPSA) is 141 Å². The van der Waals surface area contributed by atoms with Gasteiger partial charge in [0, 0.05) is 24.7 Å². The predicted molar refractivity (Wildman–Crippen MR) is 167 cm³/mol. The Kier molecular flexibility index (Phi) is 9.31. The number of thioether (sulfide) groups is 1. The fourth-order valence-electron chi connectivity index (χ4n) is 4.64. The molecule has 0 radical (unpaired) electrons. The first-order valence-corrected chi connectivity index (χ1v) is 16.1. The molecule has 0 saturated heterocycles. The van der Waals surface area contributed by atoms with Crippen molar-refractivity contribution in [2.75, 3.05) is 31.8 Å². The third-order valence-corrected chi connectivity index (χ3v) is 9.07. The van der Waals surface area contributed by atoms with Crippen LogP contribution >= 0.6 is 11.8 Å². The number of sulfonamides is 1. The highest BCUT2D eigenvalue weighted by molar-refractivity contribution is 7.99. The minimum atomic E-state index is -3.87. The van der Waals surface area contributed by atoms with Crippen LogP contribution in [0.4, 0.5) is 5.69 Å². The van der Waals surface area contributed by atoms with Gasteiger partial charge in [0.1, 0.15) is 5.84 Å². The van der Waals surface area contributed by atoms with Crippen molar-refractivity contribution < 1.29 is 22.7 Å². The maximum atomic E-state index is 13.6. The Morgan fingerprint density at radius 3 is 2.60 bits per heavy atom. The fraction of sp³-hybridized carbons (Fsp3) is 0.267. The number of amides is 1. The lowest BCUT2D eigenvalue weighted by atomic mass is 10.2. The molecule has 2 heterocycles. The van der Waals surface area contributed by atoms with Gasteiger partial charge in [-0.3, -0.25) is 23.9 Å². The molecular weight excluding hydrogens is 590 g/mol.